The summed E-state index contributed by atoms with van der Waals surface area (Å²) in [4.78, 5) is 0. The van der Waals surface area contributed by atoms with Gasteiger partial charge in [-0.3, -0.25) is 0 Å². The van der Waals surface area contributed by atoms with Gasteiger partial charge in [0.2, 0.25) is 0 Å². The van der Waals surface area contributed by atoms with E-state index < -0.39 is 5.51 Å². The highest BCUT2D eigenvalue weighted by atomic mass is 32.2. The first-order chi connectivity index (χ1) is 8.79. The van der Waals surface area contributed by atoms with Gasteiger partial charge in [0.15, 0.2) is 0 Å². The second-order valence-corrected chi connectivity index (χ2v) is 5.55. The van der Waals surface area contributed by atoms with Crippen molar-refractivity contribution in [3.63, 3.8) is 0 Å². The number of halogens is 3. The molecule has 0 heterocycles. The minimum absolute atomic E-state index is 0.0197. The highest BCUT2D eigenvalue weighted by molar-refractivity contribution is 8.00. The monoisotopic (exact) mass is 293 g/mol. The lowest BCUT2D eigenvalue weighted by atomic mass is 10.0. The Balaban J connectivity index is 2.61. The fourth-order valence-electron chi connectivity index (χ4n) is 1.73. The molecule has 1 aromatic rings. The van der Waals surface area contributed by atoms with Crippen molar-refractivity contribution in [3.05, 3.63) is 29.3 Å². The highest BCUT2D eigenvalue weighted by Crippen LogP contribution is 2.30. The molecule has 6 heteroatoms. The minimum Gasteiger partial charge on any atom is -0.492 e. The molecule has 19 heavy (non-hydrogen) atoms. The SMILES string of the molecule is Cc1cccc(CC(C)N)c1OCCSC(F)(F)F. The summed E-state index contributed by atoms with van der Waals surface area (Å²) in [5.41, 5.74) is 3.39. The fraction of sp³-hybridized carbons (Fsp3) is 0.538. The summed E-state index contributed by atoms with van der Waals surface area (Å²) in [7, 11) is 0. The van der Waals surface area contributed by atoms with E-state index in [1.807, 2.05) is 32.0 Å². The van der Waals surface area contributed by atoms with Gasteiger partial charge in [-0.05, 0) is 43.2 Å². The van der Waals surface area contributed by atoms with Gasteiger partial charge in [0.05, 0.1) is 6.61 Å². The standard InChI is InChI=1S/C13H18F3NOS/c1-9-4-3-5-11(8-10(2)17)12(9)18-6-7-19-13(14,15)16/h3-5,10H,6-8,17H2,1-2H3. The maximum atomic E-state index is 12.0. The van der Waals surface area contributed by atoms with Crippen molar-refractivity contribution in [2.45, 2.75) is 31.8 Å². The molecule has 0 radical (unpaired) electrons. The molecule has 2 nitrogen and oxygen atoms in total. The Morgan fingerprint density at radius 1 is 1.37 bits per heavy atom. The lowest BCUT2D eigenvalue weighted by Crippen LogP contribution is -2.19. The second kappa shape index (κ2) is 7.05. The van der Waals surface area contributed by atoms with E-state index in [0.29, 0.717) is 12.2 Å². The number of nitrogens with two attached hydrogens (primary N) is 1. The van der Waals surface area contributed by atoms with Gasteiger partial charge in [0.25, 0.3) is 0 Å². The molecular weight excluding hydrogens is 275 g/mol. The van der Waals surface area contributed by atoms with Crippen LogP contribution in [0.4, 0.5) is 13.2 Å². The number of alkyl halides is 3. The van der Waals surface area contributed by atoms with Crippen molar-refractivity contribution in [2.75, 3.05) is 12.4 Å². The van der Waals surface area contributed by atoms with E-state index in [-0.39, 0.29) is 30.2 Å². The van der Waals surface area contributed by atoms with Crippen molar-refractivity contribution >= 4 is 11.8 Å². The summed E-state index contributed by atoms with van der Waals surface area (Å²) < 4.78 is 41.5. The Kier molecular flexibility index (Phi) is 6.00. The molecular formula is C13H18F3NOS. The molecule has 0 amide bonds. The smallest absolute Gasteiger partial charge is 0.441 e. The Hall–Kier alpha value is -0.880. The van der Waals surface area contributed by atoms with Crippen LogP contribution >= 0.6 is 11.8 Å². The Morgan fingerprint density at radius 2 is 2.05 bits per heavy atom. The summed E-state index contributed by atoms with van der Waals surface area (Å²) in [6, 6.07) is 5.64. The molecule has 1 unspecified atom stereocenters. The molecule has 1 rings (SSSR count). The fourth-order valence-corrected chi connectivity index (χ4v) is 2.13. The van der Waals surface area contributed by atoms with Crippen molar-refractivity contribution in [1.29, 1.82) is 0 Å². The van der Waals surface area contributed by atoms with Crippen LogP contribution in [0.25, 0.3) is 0 Å². The number of ether oxygens (including phenoxy) is 1. The summed E-state index contributed by atoms with van der Waals surface area (Å²) in [6.07, 6.45) is 0.642. The summed E-state index contributed by atoms with van der Waals surface area (Å²) in [5, 5.41) is 0. The molecule has 0 aliphatic rings. The minimum atomic E-state index is -4.20. The van der Waals surface area contributed by atoms with Gasteiger partial charge >= 0.3 is 5.51 Å². The predicted molar refractivity (Wildman–Crippen MR) is 72.5 cm³/mol. The summed E-state index contributed by atoms with van der Waals surface area (Å²) >= 11 is -0.0713. The lowest BCUT2D eigenvalue weighted by molar-refractivity contribution is -0.0329. The average molecular weight is 293 g/mol. The zero-order valence-corrected chi connectivity index (χ0v) is 11.8. The van der Waals surface area contributed by atoms with Gasteiger partial charge < -0.3 is 10.5 Å². The van der Waals surface area contributed by atoms with Gasteiger partial charge in [-0.25, -0.2) is 0 Å². The van der Waals surface area contributed by atoms with Crippen LogP contribution in [0, 0.1) is 6.92 Å². The topological polar surface area (TPSA) is 35.2 Å². The Bertz CT molecular complexity index is 407. The molecule has 0 saturated carbocycles. The lowest BCUT2D eigenvalue weighted by Gasteiger charge is -2.15. The highest BCUT2D eigenvalue weighted by Gasteiger charge is 2.27. The largest absolute Gasteiger partial charge is 0.492 e. The van der Waals surface area contributed by atoms with E-state index in [9.17, 15) is 13.2 Å². The van der Waals surface area contributed by atoms with E-state index in [1.165, 1.54) is 0 Å². The van der Waals surface area contributed by atoms with Gasteiger partial charge in [0, 0.05) is 11.8 Å². The normalized spacial score (nSPS) is 13.4. The Labute approximate surface area is 115 Å². The number of thioether (sulfide) groups is 1. The predicted octanol–water partition coefficient (Wildman–Crippen LogP) is 3.52. The second-order valence-electron chi connectivity index (χ2n) is 4.39. The zero-order chi connectivity index (χ0) is 14.5. The maximum Gasteiger partial charge on any atom is 0.441 e. The van der Waals surface area contributed by atoms with E-state index >= 15 is 0 Å². The molecule has 2 N–H and O–H groups in total. The van der Waals surface area contributed by atoms with Crippen molar-refractivity contribution in [3.8, 4) is 5.75 Å². The van der Waals surface area contributed by atoms with E-state index in [4.69, 9.17) is 10.5 Å². The van der Waals surface area contributed by atoms with E-state index in [0.717, 1.165) is 11.1 Å². The number of benzene rings is 1. The van der Waals surface area contributed by atoms with Gasteiger partial charge in [-0.2, -0.15) is 13.2 Å². The third kappa shape index (κ3) is 6.20. The molecule has 0 aliphatic carbocycles. The molecule has 0 aromatic heterocycles. The number of aryl methyl sites for hydroxylation is 1. The molecule has 0 aliphatic heterocycles. The molecule has 0 bridgehead atoms. The van der Waals surface area contributed by atoms with Crippen LogP contribution in [-0.2, 0) is 6.42 Å². The van der Waals surface area contributed by atoms with Crippen LogP contribution in [0.2, 0.25) is 0 Å². The average Bonchev–Trinajstić information content (AvgIpc) is 2.25. The number of hydrogen-bond acceptors (Lipinski definition) is 3. The summed E-state index contributed by atoms with van der Waals surface area (Å²) in [5.74, 6) is 0.540. The van der Waals surface area contributed by atoms with Crippen molar-refractivity contribution in [2.24, 2.45) is 5.73 Å². The zero-order valence-electron chi connectivity index (χ0n) is 11.0. The van der Waals surface area contributed by atoms with Crippen LogP contribution in [0.3, 0.4) is 0 Å². The van der Waals surface area contributed by atoms with Crippen molar-refractivity contribution in [1.82, 2.24) is 0 Å². The first-order valence-corrected chi connectivity index (χ1v) is 6.95. The molecule has 0 spiro atoms. The van der Waals surface area contributed by atoms with Gasteiger partial charge in [-0.15, -0.1) is 0 Å². The molecule has 1 atom stereocenters. The Morgan fingerprint density at radius 3 is 2.63 bits per heavy atom. The van der Waals surface area contributed by atoms with Crippen LogP contribution in [0.5, 0.6) is 5.75 Å². The molecule has 1 aromatic carbocycles. The van der Waals surface area contributed by atoms with Gasteiger partial charge in [0.1, 0.15) is 5.75 Å². The van der Waals surface area contributed by atoms with Gasteiger partial charge in [-0.1, -0.05) is 18.2 Å². The van der Waals surface area contributed by atoms with Crippen molar-refractivity contribution < 1.29 is 17.9 Å². The first kappa shape index (κ1) is 16.2. The van der Waals surface area contributed by atoms with E-state index in [1.54, 1.807) is 0 Å². The molecule has 108 valence electrons. The number of hydrogen-bond donors (Lipinski definition) is 1. The van der Waals surface area contributed by atoms with Crippen LogP contribution < -0.4 is 10.5 Å². The quantitative estimate of drug-likeness (QED) is 0.815. The maximum absolute atomic E-state index is 12.0. The van der Waals surface area contributed by atoms with Crippen LogP contribution in [-0.4, -0.2) is 23.9 Å². The molecule has 0 saturated heterocycles. The summed E-state index contributed by atoms with van der Waals surface area (Å²) in [6.45, 7) is 3.78. The first-order valence-electron chi connectivity index (χ1n) is 5.97. The van der Waals surface area contributed by atoms with Crippen LogP contribution in [0.15, 0.2) is 18.2 Å². The molecule has 0 fully saturated rings. The number of rotatable bonds is 6. The number of para-hydroxylation sites is 1. The third-order valence-electron chi connectivity index (χ3n) is 2.43. The van der Waals surface area contributed by atoms with Crippen LogP contribution in [0.1, 0.15) is 18.1 Å². The van der Waals surface area contributed by atoms with E-state index in [2.05, 4.69) is 0 Å². The third-order valence-corrected chi connectivity index (χ3v) is 3.13.